The van der Waals surface area contributed by atoms with E-state index in [1.807, 2.05) is 19.1 Å². The van der Waals surface area contributed by atoms with Gasteiger partial charge in [0.05, 0.1) is 11.8 Å². The van der Waals surface area contributed by atoms with E-state index in [1.54, 1.807) is 23.2 Å². The van der Waals surface area contributed by atoms with Gasteiger partial charge < -0.3 is 9.67 Å². The Morgan fingerprint density at radius 1 is 1.40 bits per heavy atom. The topological polar surface area (TPSA) is 85.1 Å². The van der Waals surface area contributed by atoms with Crippen LogP contribution in [-0.2, 0) is 4.79 Å². The highest BCUT2D eigenvalue weighted by atomic mass is 32.2. The minimum Gasteiger partial charge on any atom is -0.481 e. The largest absolute Gasteiger partial charge is 0.481 e. The molecule has 1 unspecified atom stereocenters. The zero-order chi connectivity index (χ0) is 14.5. The van der Waals surface area contributed by atoms with Crippen LogP contribution < -0.4 is 5.56 Å². The Hall–Kier alpha value is -2.15. The van der Waals surface area contributed by atoms with Gasteiger partial charge in [-0.1, -0.05) is 11.8 Å². The average molecular weight is 291 g/mol. The molecular weight excluding hydrogens is 278 g/mol. The lowest BCUT2D eigenvalue weighted by Gasteiger charge is -2.18. The van der Waals surface area contributed by atoms with Crippen molar-refractivity contribution in [3.63, 3.8) is 0 Å². The maximum atomic E-state index is 11.4. The number of pyridine rings is 1. The van der Waals surface area contributed by atoms with Crippen LogP contribution in [0.15, 0.2) is 46.7 Å². The number of carboxylic acid groups (broad SMARTS) is 1. The summed E-state index contributed by atoms with van der Waals surface area (Å²) in [4.78, 5) is 29.9. The molecule has 0 aliphatic heterocycles. The van der Waals surface area contributed by atoms with Crippen LogP contribution in [-0.4, -0.2) is 31.4 Å². The third kappa shape index (κ3) is 3.45. The lowest BCUT2D eigenvalue weighted by atomic mass is 10.1. The van der Waals surface area contributed by atoms with E-state index in [4.69, 9.17) is 5.11 Å². The van der Waals surface area contributed by atoms with Crippen molar-refractivity contribution in [2.45, 2.75) is 18.1 Å². The Bertz CT molecular complexity index is 657. The molecule has 7 heteroatoms. The highest BCUT2D eigenvalue weighted by Crippen LogP contribution is 2.22. The standard InChI is InChI=1S/C13H13N3O3S/c1-9(10-2-5-14-6-3-10)16-7-4-11(17)15-13(16)20-8-12(18)19/h2-7,9H,8H2,1H3,(H,18,19). The summed E-state index contributed by atoms with van der Waals surface area (Å²) in [7, 11) is 0. The number of aromatic nitrogens is 3. The van der Waals surface area contributed by atoms with Gasteiger partial charge in [-0.15, -0.1) is 0 Å². The SMILES string of the molecule is CC(c1ccncc1)n1ccc(=O)nc1SCC(=O)O. The van der Waals surface area contributed by atoms with Gasteiger partial charge in [-0.2, -0.15) is 4.98 Å². The molecule has 20 heavy (non-hydrogen) atoms. The Morgan fingerprint density at radius 2 is 2.10 bits per heavy atom. The first-order valence-corrected chi connectivity index (χ1v) is 6.90. The molecule has 0 fully saturated rings. The van der Waals surface area contributed by atoms with Crippen molar-refractivity contribution < 1.29 is 9.90 Å². The molecule has 1 N–H and O–H groups in total. The maximum Gasteiger partial charge on any atom is 0.313 e. The normalized spacial score (nSPS) is 12.1. The Morgan fingerprint density at radius 3 is 2.75 bits per heavy atom. The van der Waals surface area contributed by atoms with Crippen molar-refractivity contribution >= 4 is 17.7 Å². The molecule has 2 rings (SSSR count). The molecule has 2 aromatic heterocycles. The molecule has 0 bridgehead atoms. The Labute approximate surface area is 119 Å². The van der Waals surface area contributed by atoms with Gasteiger partial charge in [0, 0.05) is 24.7 Å². The first-order valence-electron chi connectivity index (χ1n) is 5.91. The van der Waals surface area contributed by atoms with Crippen LogP contribution in [0.1, 0.15) is 18.5 Å². The fourth-order valence-corrected chi connectivity index (χ4v) is 2.50. The van der Waals surface area contributed by atoms with Gasteiger partial charge in [0.2, 0.25) is 0 Å². The number of hydrogen-bond acceptors (Lipinski definition) is 5. The summed E-state index contributed by atoms with van der Waals surface area (Å²) in [5.41, 5.74) is 0.624. The minimum atomic E-state index is -0.948. The highest BCUT2D eigenvalue weighted by Gasteiger charge is 2.13. The molecule has 104 valence electrons. The van der Waals surface area contributed by atoms with E-state index in [1.165, 1.54) is 6.07 Å². The zero-order valence-electron chi connectivity index (χ0n) is 10.8. The lowest BCUT2D eigenvalue weighted by Crippen LogP contribution is -2.17. The smallest absolute Gasteiger partial charge is 0.313 e. The lowest BCUT2D eigenvalue weighted by molar-refractivity contribution is -0.133. The van der Waals surface area contributed by atoms with Crippen molar-refractivity contribution in [1.29, 1.82) is 0 Å². The monoisotopic (exact) mass is 291 g/mol. The Kier molecular flexibility index (Phi) is 4.52. The average Bonchev–Trinajstić information content (AvgIpc) is 2.45. The van der Waals surface area contributed by atoms with Gasteiger partial charge in [-0.05, 0) is 24.6 Å². The molecular formula is C13H13N3O3S. The number of nitrogens with zero attached hydrogens (tertiary/aromatic N) is 3. The molecule has 0 amide bonds. The molecule has 2 heterocycles. The van der Waals surface area contributed by atoms with E-state index in [2.05, 4.69) is 9.97 Å². The van der Waals surface area contributed by atoms with E-state index in [0.29, 0.717) is 5.16 Å². The first kappa shape index (κ1) is 14.3. The molecule has 0 spiro atoms. The summed E-state index contributed by atoms with van der Waals surface area (Å²) in [6, 6.07) is 5.04. The van der Waals surface area contributed by atoms with Gasteiger partial charge in [-0.25, -0.2) is 0 Å². The molecule has 0 saturated heterocycles. The summed E-state index contributed by atoms with van der Waals surface area (Å²) in [6.07, 6.45) is 5.00. The summed E-state index contributed by atoms with van der Waals surface area (Å²) >= 11 is 1.03. The van der Waals surface area contributed by atoms with Crippen molar-refractivity contribution in [2.24, 2.45) is 0 Å². The number of rotatable bonds is 5. The van der Waals surface area contributed by atoms with E-state index >= 15 is 0 Å². The van der Waals surface area contributed by atoms with Gasteiger partial charge in [-0.3, -0.25) is 14.6 Å². The van der Waals surface area contributed by atoms with E-state index in [9.17, 15) is 9.59 Å². The number of thioether (sulfide) groups is 1. The number of aliphatic carboxylic acids is 1. The van der Waals surface area contributed by atoms with Crippen LogP contribution in [0.2, 0.25) is 0 Å². The number of hydrogen-bond donors (Lipinski definition) is 1. The molecule has 0 aliphatic rings. The van der Waals surface area contributed by atoms with Gasteiger partial charge in [0.15, 0.2) is 5.16 Å². The van der Waals surface area contributed by atoms with Crippen LogP contribution >= 0.6 is 11.8 Å². The fourth-order valence-electron chi connectivity index (χ4n) is 1.73. The summed E-state index contributed by atoms with van der Waals surface area (Å²) in [5, 5.41) is 9.14. The predicted octanol–water partition coefficient (Wildman–Crippen LogP) is 1.42. The molecule has 0 aliphatic carbocycles. The van der Waals surface area contributed by atoms with Gasteiger partial charge >= 0.3 is 5.97 Å². The van der Waals surface area contributed by atoms with Crippen LogP contribution in [0.25, 0.3) is 0 Å². The van der Waals surface area contributed by atoms with Crippen molar-refractivity contribution in [2.75, 3.05) is 5.75 Å². The summed E-state index contributed by atoms with van der Waals surface area (Å²) < 4.78 is 1.78. The molecule has 0 radical (unpaired) electrons. The van der Waals surface area contributed by atoms with Crippen molar-refractivity contribution in [3.8, 4) is 0 Å². The molecule has 1 atom stereocenters. The third-order valence-corrected chi connectivity index (χ3v) is 3.69. The fraction of sp³-hybridized carbons (Fsp3) is 0.231. The van der Waals surface area contributed by atoms with E-state index in [0.717, 1.165) is 17.3 Å². The quantitative estimate of drug-likeness (QED) is 0.662. The van der Waals surface area contributed by atoms with Gasteiger partial charge in [0.25, 0.3) is 5.56 Å². The maximum absolute atomic E-state index is 11.4. The second kappa shape index (κ2) is 6.33. The second-order valence-corrected chi connectivity index (χ2v) is 5.04. The van der Waals surface area contributed by atoms with Crippen LogP contribution in [0.4, 0.5) is 0 Å². The summed E-state index contributed by atoms with van der Waals surface area (Å²) in [6.45, 7) is 1.95. The highest BCUT2D eigenvalue weighted by molar-refractivity contribution is 7.99. The first-order chi connectivity index (χ1) is 9.58. The molecule has 6 nitrogen and oxygen atoms in total. The molecule has 2 aromatic rings. The minimum absolute atomic E-state index is 0.0672. The summed E-state index contributed by atoms with van der Waals surface area (Å²) in [5.74, 6) is -1.09. The number of carbonyl (C=O) groups is 1. The Balaban J connectivity index is 2.35. The van der Waals surface area contributed by atoms with E-state index in [-0.39, 0.29) is 17.4 Å². The van der Waals surface area contributed by atoms with Crippen molar-refractivity contribution in [3.05, 3.63) is 52.7 Å². The zero-order valence-corrected chi connectivity index (χ0v) is 11.6. The number of carboxylic acids is 1. The predicted molar refractivity (Wildman–Crippen MR) is 74.9 cm³/mol. The van der Waals surface area contributed by atoms with Gasteiger partial charge in [0.1, 0.15) is 0 Å². The third-order valence-electron chi connectivity index (χ3n) is 2.73. The van der Waals surface area contributed by atoms with Crippen molar-refractivity contribution in [1.82, 2.24) is 14.5 Å². The van der Waals surface area contributed by atoms with E-state index < -0.39 is 5.97 Å². The second-order valence-electron chi connectivity index (χ2n) is 4.09. The van der Waals surface area contributed by atoms with Crippen LogP contribution in [0.3, 0.4) is 0 Å². The van der Waals surface area contributed by atoms with Crippen LogP contribution in [0, 0.1) is 0 Å². The molecule has 0 aromatic carbocycles. The molecule has 0 saturated carbocycles. The van der Waals surface area contributed by atoms with Crippen LogP contribution in [0.5, 0.6) is 0 Å².